The van der Waals surface area contributed by atoms with Gasteiger partial charge in [0.1, 0.15) is 0 Å². The molecule has 6 aromatic rings. The Morgan fingerprint density at radius 1 is 0.295 bits per heavy atom. The number of nitrogens with zero attached hydrogens (tertiary/aromatic N) is 2. The van der Waals surface area contributed by atoms with Crippen molar-refractivity contribution in [1.29, 1.82) is 0 Å². The van der Waals surface area contributed by atoms with Gasteiger partial charge in [0.15, 0.2) is 0 Å². The van der Waals surface area contributed by atoms with E-state index in [4.69, 9.17) is 0 Å². The van der Waals surface area contributed by atoms with E-state index in [1.165, 1.54) is 50.2 Å². The van der Waals surface area contributed by atoms with Gasteiger partial charge in [-0.25, -0.2) is 0 Å². The molecule has 0 aliphatic rings. The third-order valence-corrected chi connectivity index (χ3v) is 8.32. The normalized spacial score (nSPS) is 11.0. The van der Waals surface area contributed by atoms with Crippen molar-refractivity contribution >= 4 is 34.1 Å². The Bertz CT molecular complexity index is 1800. The summed E-state index contributed by atoms with van der Waals surface area (Å²) in [5.74, 6) is 0. The van der Waals surface area contributed by atoms with Gasteiger partial charge in [0.25, 0.3) is 0 Å². The molecule has 0 aromatic heterocycles. The van der Waals surface area contributed by atoms with Crippen LogP contribution in [0.2, 0.25) is 0 Å². The summed E-state index contributed by atoms with van der Waals surface area (Å²) in [4.78, 5) is 4.70. The van der Waals surface area contributed by atoms with E-state index in [0.717, 1.165) is 28.4 Å². The number of aryl methyl sites for hydroxylation is 6. The molecule has 0 aliphatic heterocycles. The summed E-state index contributed by atoms with van der Waals surface area (Å²) in [7, 11) is 0. The Morgan fingerprint density at radius 2 is 0.568 bits per heavy atom. The van der Waals surface area contributed by atoms with Crippen LogP contribution in [-0.4, -0.2) is 0 Å². The van der Waals surface area contributed by atoms with Crippen LogP contribution < -0.4 is 9.80 Å². The Morgan fingerprint density at radius 3 is 0.886 bits per heavy atom. The predicted molar refractivity (Wildman–Crippen MR) is 190 cm³/mol. The molecule has 2 nitrogen and oxygen atoms in total. The molecular formula is C42H40N2. The van der Waals surface area contributed by atoms with Gasteiger partial charge in [-0.1, -0.05) is 95.1 Å². The molecule has 0 heterocycles. The van der Waals surface area contributed by atoms with Crippen molar-refractivity contribution in [1.82, 2.24) is 0 Å². The van der Waals surface area contributed by atoms with E-state index in [2.05, 4.69) is 185 Å². The Balaban J connectivity index is 1.34. The first-order valence-electron chi connectivity index (χ1n) is 15.4. The minimum absolute atomic E-state index is 1.13. The fraction of sp³-hybridized carbons (Fsp3) is 0.143. The molecule has 0 radical (unpaired) electrons. The van der Waals surface area contributed by atoms with Crippen LogP contribution in [0.3, 0.4) is 0 Å². The van der Waals surface area contributed by atoms with Crippen LogP contribution in [0.15, 0.2) is 133 Å². The Kier molecular flexibility index (Phi) is 8.09. The smallest absolute Gasteiger partial charge is 0.0520 e. The SMILES string of the molecule is Cc1ccc(N(c2ccc(C)cc2)c2ccc(-c3ccc(N(c4ccc(C)cc4)c4c(C)cc(C)cc4C)cc3)cc2)cc1. The van der Waals surface area contributed by atoms with Crippen molar-refractivity contribution in [2.75, 3.05) is 9.80 Å². The standard InChI is InChI=1S/C42H40N2/c1-29-7-17-37(18-8-29)43(38-19-9-30(2)10-20-38)39-23-13-35(14-24-39)36-15-25-41(26-16-36)44(40-21-11-31(3)12-22-40)42-33(5)27-32(4)28-34(42)6/h7-28H,1-6H3. The van der Waals surface area contributed by atoms with E-state index in [0.29, 0.717) is 0 Å². The molecule has 0 aliphatic carbocycles. The van der Waals surface area contributed by atoms with E-state index < -0.39 is 0 Å². The molecule has 0 amide bonds. The van der Waals surface area contributed by atoms with Gasteiger partial charge < -0.3 is 9.80 Å². The molecule has 218 valence electrons. The zero-order valence-corrected chi connectivity index (χ0v) is 26.6. The highest BCUT2D eigenvalue weighted by Crippen LogP contribution is 2.40. The van der Waals surface area contributed by atoms with Gasteiger partial charge in [-0.3, -0.25) is 0 Å². The monoisotopic (exact) mass is 572 g/mol. The highest BCUT2D eigenvalue weighted by Gasteiger charge is 2.18. The fourth-order valence-electron chi connectivity index (χ4n) is 6.07. The summed E-state index contributed by atoms with van der Waals surface area (Å²) in [5, 5.41) is 0. The molecule has 0 N–H and O–H groups in total. The highest BCUT2D eigenvalue weighted by molar-refractivity contribution is 5.83. The molecule has 0 bridgehead atoms. The third kappa shape index (κ3) is 6.02. The van der Waals surface area contributed by atoms with Gasteiger partial charge in [-0.05, 0) is 124 Å². The van der Waals surface area contributed by atoms with Crippen molar-refractivity contribution in [2.45, 2.75) is 41.5 Å². The van der Waals surface area contributed by atoms with E-state index >= 15 is 0 Å². The van der Waals surface area contributed by atoms with E-state index in [1.54, 1.807) is 0 Å². The first kappa shape index (κ1) is 29.0. The van der Waals surface area contributed by atoms with Gasteiger partial charge in [-0.2, -0.15) is 0 Å². The van der Waals surface area contributed by atoms with Crippen molar-refractivity contribution in [3.05, 3.63) is 167 Å². The zero-order chi connectivity index (χ0) is 30.8. The van der Waals surface area contributed by atoms with Crippen molar-refractivity contribution in [2.24, 2.45) is 0 Å². The molecule has 6 rings (SSSR count). The van der Waals surface area contributed by atoms with Crippen LogP contribution >= 0.6 is 0 Å². The first-order chi connectivity index (χ1) is 21.3. The van der Waals surface area contributed by atoms with E-state index in [9.17, 15) is 0 Å². The molecular weight excluding hydrogens is 532 g/mol. The van der Waals surface area contributed by atoms with Crippen LogP contribution in [0.5, 0.6) is 0 Å². The second-order valence-electron chi connectivity index (χ2n) is 12.0. The first-order valence-corrected chi connectivity index (χ1v) is 15.4. The number of rotatable bonds is 7. The largest absolute Gasteiger partial charge is 0.311 e. The van der Waals surface area contributed by atoms with Crippen LogP contribution in [0.1, 0.15) is 33.4 Å². The molecule has 6 aromatic carbocycles. The molecule has 0 atom stereocenters. The lowest BCUT2D eigenvalue weighted by atomic mass is 10.0. The van der Waals surface area contributed by atoms with Gasteiger partial charge in [-0.15, -0.1) is 0 Å². The minimum Gasteiger partial charge on any atom is -0.311 e. The molecule has 0 fully saturated rings. The lowest BCUT2D eigenvalue weighted by Crippen LogP contribution is -2.13. The number of anilines is 6. The topological polar surface area (TPSA) is 6.48 Å². The second-order valence-corrected chi connectivity index (χ2v) is 12.0. The third-order valence-electron chi connectivity index (χ3n) is 8.32. The summed E-state index contributed by atoms with van der Waals surface area (Å²) in [6.45, 7) is 13.0. The highest BCUT2D eigenvalue weighted by atomic mass is 15.1. The average Bonchev–Trinajstić information content (AvgIpc) is 3.02. The summed E-state index contributed by atoms with van der Waals surface area (Å²) < 4.78 is 0. The van der Waals surface area contributed by atoms with Crippen LogP contribution in [0.25, 0.3) is 11.1 Å². The molecule has 0 unspecified atom stereocenters. The Hall–Kier alpha value is -5.08. The van der Waals surface area contributed by atoms with Gasteiger partial charge >= 0.3 is 0 Å². The molecule has 44 heavy (non-hydrogen) atoms. The van der Waals surface area contributed by atoms with Crippen molar-refractivity contribution < 1.29 is 0 Å². The average molecular weight is 573 g/mol. The van der Waals surface area contributed by atoms with Crippen LogP contribution in [0, 0.1) is 41.5 Å². The molecule has 2 heteroatoms. The predicted octanol–water partition coefficient (Wildman–Crippen LogP) is 12.1. The van der Waals surface area contributed by atoms with Crippen LogP contribution in [0.4, 0.5) is 34.1 Å². The number of hydrogen-bond acceptors (Lipinski definition) is 2. The van der Waals surface area contributed by atoms with Crippen molar-refractivity contribution in [3.63, 3.8) is 0 Å². The molecule has 0 saturated heterocycles. The van der Waals surface area contributed by atoms with E-state index in [-0.39, 0.29) is 0 Å². The fourth-order valence-corrected chi connectivity index (χ4v) is 6.07. The number of benzene rings is 6. The maximum absolute atomic E-state index is 2.39. The lowest BCUT2D eigenvalue weighted by Gasteiger charge is -2.29. The molecule has 0 saturated carbocycles. The summed E-state index contributed by atoms with van der Waals surface area (Å²) >= 11 is 0. The maximum Gasteiger partial charge on any atom is 0.0520 e. The zero-order valence-electron chi connectivity index (χ0n) is 26.6. The lowest BCUT2D eigenvalue weighted by molar-refractivity contribution is 1.20. The second kappa shape index (κ2) is 12.3. The van der Waals surface area contributed by atoms with E-state index in [1.807, 2.05) is 0 Å². The van der Waals surface area contributed by atoms with Gasteiger partial charge in [0.2, 0.25) is 0 Å². The molecule has 0 spiro atoms. The Labute approximate surface area is 262 Å². The van der Waals surface area contributed by atoms with Gasteiger partial charge in [0.05, 0.1) is 5.69 Å². The van der Waals surface area contributed by atoms with Crippen LogP contribution in [-0.2, 0) is 0 Å². The van der Waals surface area contributed by atoms with Crippen molar-refractivity contribution in [3.8, 4) is 11.1 Å². The number of hydrogen-bond donors (Lipinski definition) is 0. The summed E-state index contributed by atoms with van der Waals surface area (Å²) in [6, 6.07) is 48.7. The summed E-state index contributed by atoms with van der Waals surface area (Å²) in [5.41, 5.74) is 17.0. The maximum atomic E-state index is 2.39. The summed E-state index contributed by atoms with van der Waals surface area (Å²) in [6.07, 6.45) is 0. The quantitative estimate of drug-likeness (QED) is 0.188. The van der Waals surface area contributed by atoms with Gasteiger partial charge in [0, 0.05) is 28.4 Å². The minimum atomic E-state index is 1.13.